The summed E-state index contributed by atoms with van der Waals surface area (Å²) in [7, 11) is 1.49. The SMILES string of the molecule is CCC(C)CC(=O)N1CCC(COC)(C(=O)O)C1. The van der Waals surface area contributed by atoms with Crippen LogP contribution in [0.2, 0.25) is 0 Å². The maximum Gasteiger partial charge on any atom is 0.313 e. The summed E-state index contributed by atoms with van der Waals surface area (Å²) in [6.07, 6.45) is 1.93. The summed E-state index contributed by atoms with van der Waals surface area (Å²) in [5.41, 5.74) is -0.917. The maximum absolute atomic E-state index is 12.0. The minimum Gasteiger partial charge on any atom is -0.481 e. The van der Waals surface area contributed by atoms with Crippen LogP contribution in [-0.2, 0) is 14.3 Å². The van der Waals surface area contributed by atoms with Crippen LogP contribution >= 0.6 is 0 Å². The molecular weight excluding hydrogens is 234 g/mol. The van der Waals surface area contributed by atoms with Crippen molar-refractivity contribution in [1.82, 2.24) is 4.90 Å². The van der Waals surface area contributed by atoms with Gasteiger partial charge in [-0.2, -0.15) is 0 Å². The van der Waals surface area contributed by atoms with Gasteiger partial charge in [0.25, 0.3) is 0 Å². The minimum atomic E-state index is -0.917. The first-order chi connectivity index (χ1) is 8.45. The van der Waals surface area contributed by atoms with Crippen LogP contribution in [0.1, 0.15) is 33.1 Å². The number of amides is 1. The number of aliphatic carboxylic acids is 1. The molecule has 104 valence electrons. The second-order valence-corrected chi connectivity index (χ2v) is 5.30. The quantitative estimate of drug-likeness (QED) is 0.780. The van der Waals surface area contributed by atoms with Crippen molar-refractivity contribution in [2.24, 2.45) is 11.3 Å². The van der Waals surface area contributed by atoms with E-state index < -0.39 is 11.4 Å². The van der Waals surface area contributed by atoms with Gasteiger partial charge in [-0.05, 0) is 12.3 Å². The number of carbonyl (C=O) groups excluding carboxylic acids is 1. The lowest BCUT2D eigenvalue weighted by molar-refractivity contribution is -0.151. The van der Waals surface area contributed by atoms with E-state index in [1.54, 1.807) is 4.90 Å². The molecule has 1 saturated heterocycles. The Kier molecular flexibility index (Phi) is 5.14. The number of carbonyl (C=O) groups is 2. The van der Waals surface area contributed by atoms with E-state index in [4.69, 9.17) is 4.74 Å². The van der Waals surface area contributed by atoms with E-state index in [1.165, 1.54) is 7.11 Å². The molecule has 0 aliphatic carbocycles. The van der Waals surface area contributed by atoms with Gasteiger partial charge in [-0.1, -0.05) is 20.3 Å². The highest BCUT2D eigenvalue weighted by Crippen LogP contribution is 2.32. The number of carboxylic acid groups (broad SMARTS) is 1. The Morgan fingerprint density at radius 1 is 1.50 bits per heavy atom. The highest BCUT2D eigenvalue weighted by Gasteiger charge is 2.46. The van der Waals surface area contributed by atoms with E-state index in [1.807, 2.05) is 13.8 Å². The van der Waals surface area contributed by atoms with E-state index in [0.717, 1.165) is 6.42 Å². The van der Waals surface area contributed by atoms with E-state index in [-0.39, 0.29) is 19.1 Å². The third-order valence-electron chi connectivity index (χ3n) is 3.80. The van der Waals surface area contributed by atoms with E-state index in [0.29, 0.717) is 25.3 Å². The number of methoxy groups -OCH3 is 1. The van der Waals surface area contributed by atoms with E-state index >= 15 is 0 Å². The molecule has 5 nitrogen and oxygen atoms in total. The predicted molar refractivity (Wildman–Crippen MR) is 67.2 cm³/mol. The Bertz CT molecular complexity index is 318. The number of likely N-dealkylation sites (tertiary alicyclic amines) is 1. The van der Waals surface area contributed by atoms with Crippen molar-refractivity contribution < 1.29 is 19.4 Å². The van der Waals surface area contributed by atoms with Crippen LogP contribution in [0.25, 0.3) is 0 Å². The number of hydrogen-bond donors (Lipinski definition) is 1. The molecule has 2 atom stereocenters. The molecule has 0 radical (unpaired) electrons. The molecule has 1 amide bonds. The van der Waals surface area contributed by atoms with Crippen molar-refractivity contribution in [3.8, 4) is 0 Å². The minimum absolute atomic E-state index is 0.0589. The van der Waals surface area contributed by atoms with Crippen molar-refractivity contribution in [1.29, 1.82) is 0 Å². The number of ether oxygens (including phenoxy) is 1. The molecule has 0 aromatic heterocycles. The molecule has 1 rings (SSSR count). The normalized spacial score (nSPS) is 25.2. The molecule has 18 heavy (non-hydrogen) atoms. The zero-order chi connectivity index (χ0) is 13.8. The first-order valence-electron chi connectivity index (χ1n) is 6.45. The fraction of sp³-hybridized carbons (Fsp3) is 0.846. The lowest BCUT2D eigenvalue weighted by Gasteiger charge is -2.24. The van der Waals surface area contributed by atoms with E-state index in [9.17, 15) is 14.7 Å². The fourth-order valence-electron chi connectivity index (χ4n) is 2.29. The molecule has 0 aromatic carbocycles. The number of rotatable bonds is 6. The standard InChI is InChI=1S/C13H23NO4/c1-4-10(2)7-11(15)14-6-5-13(8-14,9-18-3)12(16)17/h10H,4-9H2,1-3H3,(H,16,17). The number of carboxylic acids is 1. The highest BCUT2D eigenvalue weighted by molar-refractivity contribution is 5.80. The Balaban J connectivity index is 2.63. The molecule has 0 spiro atoms. The Morgan fingerprint density at radius 3 is 2.67 bits per heavy atom. The lowest BCUT2D eigenvalue weighted by Crippen LogP contribution is -2.40. The molecule has 5 heteroatoms. The zero-order valence-corrected chi connectivity index (χ0v) is 11.4. The predicted octanol–water partition coefficient (Wildman–Crippen LogP) is 1.37. The smallest absolute Gasteiger partial charge is 0.313 e. The first-order valence-corrected chi connectivity index (χ1v) is 6.45. The molecule has 0 aromatic rings. The zero-order valence-electron chi connectivity index (χ0n) is 11.4. The number of nitrogens with zero attached hydrogens (tertiary/aromatic N) is 1. The average Bonchev–Trinajstić information content (AvgIpc) is 2.75. The Hall–Kier alpha value is -1.10. The maximum atomic E-state index is 12.0. The van der Waals surface area contributed by atoms with Crippen LogP contribution in [0.15, 0.2) is 0 Å². The van der Waals surface area contributed by atoms with Crippen LogP contribution in [-0.4, -0.2) is 48.7 Å². The van der Waals surface area contributed by atoms with Gasteiger partial charge in [-0.15, -0.1) is 0 Å². The number of hydrogen-bond acceptors (Lipinski definition) is 3. The van der Waals surface area contributed by atoms with Gasteiger partial charge < -0.3 is 14.7 Å². The fourth-order valence-corrected chi connectivity index (χ4v) is 2.29. The van der Waals surface area contributed by atoms with Gasteiger partial charge in [0.15, 0.2) is 0 Å². The van der Waals surface area contributed by atoms with Crippen LogP contribution in [0.5, 0.6) is 0 Å². The highest BCUT2D eigenvalue weighted by atomic mass is 16.5. The molecule has 1 aliphatic rings. The third-order valence-corrected chi connectivity index (χ3v) is 3.80. The van der Waals surface area contributed by atoms with Crippen LogP contribution < -0.4 is 0 Å². The van der Waals surface area contributed by atoms with Gasteiger partial charge in [-0.25, -0.2) is 0 Å². The monoisotopic (exact) mass is 257 g/mol. The summed E-state index contributed by atoms with van der Waals surface area (Å²) in [5, 5.41) is 9.30. The molecule has 1 N–H and O–H groups in total. The summed E-state index contributed by atoms with van der Waals surface area (Å²) < 4.78 is 5.00. The molecule has 2 unspecified atom stereocenters. The summed E-state index contributed by atoms with van der Waals surface area (Å²) in [5.74, 6) is -0.466. The van der Waals surface area contributed by atoms with Gasteiger partial charge in [-0.3, -0.25) is 9.59 Å². The van der Waals surface area contributed by atoms with Gasteiger partial charge in [0.05, 0.1) is 6.61 Å². The summed E-state index contributed by atoms with van der Waals surface area (Å²) in [6.45, 7) is 5.04. The second-order valence-electron chi connectivity index (χ2n) is 5.30. The van der Waals surface area contributed by atoms with Crippen molar-refractivity contribution in [2.45, 2.75) is 33.1 Å². The Morgan fingerprint density at radius 2 is 2.17 bits per heavy atom. The molecule has 0 bridgehead atoms. The van der Waals surface area contributed by atoms with Crippen molar-refractivity contribution >= 4 is 11.9 Å². The van der Waals surface area contributed by atoms with Crippen molar-refractivity contribution in [2.75, 3.05) is 26.8 Å². The molecular formula is C13H23NO4. The van der Waals surface area contributed by atoms with Crippen LogP contribution in [0.3, 0.4) is 0 Å². The van der Waals surface area contributed by atoms with Gasteiger partial charge in [0.2, 0.25) is 5.91 Å². The van der Waals surface area contributed by atoms with Crippen molar-refractivity contribution in [3.63, 3.8) is 0 Å². The Labute approximate surface area is 108 Å². The molecule has 1 fully saturated rings. The molecule has 1 aliphatic heterocycles. The summed E-state index contributed by atoms with van der Waals surface area (Å²) in [6, 6.07) is 0. The summed E-state index contributed by atoms with van der Waals surface area (Å²) >= 11 is 0. The van der Waals surface area contributed by atoms with Gasteiger partial charge in [0, 0.05) is 26.6 Å². The van der Waals surface area contributed by atoms with Crippen molar-refractivity contribution in [3.05, 3.63) is 0 Å². The van der Waals surface area contributed by atoms with Gasteiger partial charge in [0.1, 0.15) is 5.41 Å². The summed E-state index contributed by atoms with van der Waals surface area (Å²) in [4.78, 5) is 25.0. The largest absolute Gasteiger partial charge is 0.481 e. The molecule has 0 saturated carbocycles. The van der Waals surface area contributed by atoms with Gasteiger partial charge >= 0.3 is 5.97 Å². The lowest BCUT2D eigenvalue weighted by atomic mass is 9.88. The second kappa shape index (κ2) is 6.18. The first kappa shape index (κ1) is 15.0. The van der Waals surface area contributed by atoms with Crippen LogP contribution in [0.4, 0.5) is 0 Å². The third kappa shape index (κ3) is 3.22. The topological polar surface area (TPSA) is 66.8 Å². The van der Waals surface area contributed by atoms with Crippen LogP contribution in [0, 0.1) is 11.3 Å². The molecule has 1 heterocycles. The average molecular weight is 257 g/mol. The van der Waals surface area contributed by atoms with E-state index in [2.05, 4.69) is 0 Å².